The first-order valence-corrected chi connectivity index (χ1v) is 6.40. The van der Waals surface area contributed by atoms with Gasteiger partial charge in [-0.2, -0.15) is 0 Å². The maximum atomic E-state index is 11.5. The number of anilines is 1. The Bertz CT molecular complexity index is 431. The predicted octanol–water partition coefficient (Wildman–Crippen LogP) is 3.35. The Labute approximate surface area is 112 Å². The minimum absolute atomic E-state index is 0.273. The number of carbonyl (C=O) groups is 2. The molecule has 0 atom stereocenters. The first-order valence-electron chi connectivity index (χ1n) is 6.40. The van der Waals surface area contributed by atoms with Gasteiger partial charge < -0.3 is 9.47 Å². The van der Waals surface area contributed by atoms with E-state index in [0.29, 0.717) is 18.0 Å². The summed E-state index contributed by atoms with van der Waals surface area (Å²) in [6.07, 6.45) is 1.50. The van der Waals surface area contributed by atoms with Gasteiger partial charge in [-0.1, -0.05) is 32.4 Å². The molecular formula is C14H19NO4. The van der Waals surface area contributed by atoms with Crippen molar-refractivity contribution in [3.63, 3.8) is 0 Å². The average molecular weight is 265 g/mol. The summed E-state index contributed by atoms with van der Waals surface area (Å²) in [6.45, 7) is 4.09. The predicted molar refractivity (Wildman–Crippen MR) is 72.2 cm³/mol. The summed E-state index contributed by atoms with van der Waals surface area (Å²) in [4.78, 5) is 22.8. The molecule has 0 saturated carbocycles. The molecule has 1 N–H and O–H groups in total. The summed E-state index contributed by atoms with van der Waals surface area (Å²) in [5, 5.41) is 2.56. The quantitative estimate of drug-likeness (QED) is 0.486. The van der Waals surface area contributed by atoms with Gasteiger partial charge in [0.15, 0.2) is 5.75 Å². The summed E-state index contributed by atoms with van der Waals surface area (Å²) in [7, 11) is 0. The van der Waals surface area contributed by atoms with Crippen LogP contribution in [0.3, 0.4) is 0 Å². The minimum Gasteiger partial charge on any atom is -0.449 e. The summed E-state index contributed by atoms with van der Waals surface area (Å²) in [6, 6.07) is 6.74. The van der Waals surface area contributed by atoms with Gasteiger partial charge in [-0.05, 0) is 18.6 Å². The fraction of sp³-hybridized carbons (Fsp3) is 0.429. The number of rotatable bonds is 6. The molecule has 1 rings (SSSR count). The molecule has 104 valence electrons. The number of esters is 1. The van der Waals surface area contributed by atoms with Crippen LogP contribution in [0.2, 0.25) is 0 Å². The first-order chi connectivity index (χ1) is 9.17. The van der Waals surface area contributed by atoms with Crippen molar-refractivity contribution >= 4 is 17.7 Å². The average Bonchev–Trinajstić information content (AvgIpc) is 2.41. The highest BCUT2D eigenvalue weighted by atomic mass is 16.6. The van der Waals surface area contributed by atoms with Gasteiger partial charge in [-0.25, -0.2) is 4.79 Å². The highest BCUT2D eigenvalue weighted by Gasteiger charge is 2.10. The Kier molecular flexibility index (Phi) is 6.43. The molecule has 0 radical (unpaired) electrons. The molecule has 0 heterocycles. The third kappa shape index (κ3) is 5.42. The third-order valence-corrected chi connectivity index (χ3v) is 2.37. The highest BCUT2D eigenvalue weighted by molar-refractivity contribution is 5.87. The molecule has 19 heavy (non-hydrogen) atoms. The van der Waals surface area contributed by atoms with Crippen LogP contribution in [-0.2, 0) is 9.53 Å². The molecule has 0 unspecified atom stereocenters. The Balaban J connectivity index is 2.61. The number of hydrogen-bond donors (Lipinski definition) is 1. The van der Waals surface area contributed by atoms with Gasteiger partial charge in [0.2, 0.25) is 0 Å². The molecule has 1 aromatic rings. The van der Waals surface area contributed by atoms with Crippen LogP contribution in [0.1, 0.15) is 33.1 Å². The van der Waals surface area contributed by atoms with Crippen LogP contribution < -0.4 is 10.1 Å². The van der Waals surface area contributed by atoms with Gasteiger partial charge >= 0.3 is 12.1 Å². The van der Waals surface area contributed by atoms with Gasteiger partial charge in [0.1, 0.15) is 0 Å². The maximum absolute atomic E-state index is 11.5. The van der Waals surface area contributed by atoms with E-state index in [9.17, 15) is 9.59 Å². The minimum atomic E-state index is -0.548. The normalized spacial score (nSPS) is 9.79. The smallest absolute Gasteiger partial charge is 0.411 e. The second kappa shape index (κ2) is 8.13. The van der Waals surface area contributed by atoms with E-state index in [-0.39, 0.29) is 12.4 Å². The number of ether oxygens (including phenoxy) is 2. The van der Waals surface area contributed by atoms with Crippen molar-refractivity contribution in [3.05, 3.63) is 24.3 Å². The van der Waals surface area contributed by atoms with Gasteiger partial charge in [0.25, 0.3) is 0 Å². The Morgan fingerprint density at radius 1 is 1.21 bits per heavy atom. The number of nitrogens with one attached hydrogen (secondary N) is 1. The number of para-hydroxylation sites is 2. The molecule has 1 amide bonds. The van der Waals surface area contributed by atoms with E-state index >= 15 is 0 Å². The molecule has 5 nitrogen and oxygen atoms in total. The molecule has 0 aliphatic heterocycles. The van der Waals surface area contributed by atoms with Crippen molar-refractivity contribution < 1.29 is 19.1 Å². The molecule has 1 aromatic carbocycles. The lowest BCUT2D eigenvalue weighted by Crippen LogP contribution is -2.16. The number of benzene rings is 1. The van der Waals surface area contributed by atoms with Crippen molar-refractivity contribution in [2.24, 2.45) is 0 Å². The molecule has 0 aliphatic carbocycles. The van der Waals surface area contributed by atoms with Crippen molar-refractivity contribution in [2.45, 2.75) is 33.1 Å². The summed E-state index contributed by atoms with van der Waals surface area (Å²) in [5.41, 5.74) is 0.422. The van der Waals surface area contributed by atoms with Crippen molar-refractivity contribution in [2.75, 3.05) is 11.9 Å². The van der Waals surface area contributed by atoms with Crippen LogP contribution in [0.5, 0.6) is 5.75 Å². The Morgan fingerprint density at radius 3 is 2.63 bits per heavy atom. The summed E-state index contributed by atoms with van der Waals surface area (Å²) in [5.74, 6) is -0.0320. The topological polar surface area (TPSA) is 64.6 Å². The zero-order valence-corrected chi connectivity index (χ0v) is 11.3. The Hall–Kier alpha value is -2.04. The SMILES string of the molecule is CCCCOC(=O)Nc1ccccc1OC(=O)CC. The molecule has 5 heteroatoms. The van der Waals surface area contributed by atoms with Gasteiger partial charge in [-0.3, -0.25) is 10.1 Å². The first kappa shape index (κ1) is 15.0. The Morgan fingerprint density at radius 2 is 1.95 bits per heavy atom. The number of unbranched alkanes of at least 4 members (excludes halogenated alkanes) is 1. The zero-order chi connectivity index (χ0) is 14.1. The van der Waals surface area contributed by atoms with E-state index in [1.54, 1.807) is 31.2 Å². The zero-order valence-electron chi connectivity index (χ0n) is 11.3. The molecule has 0 aliphatic rings. The highest BCUT2D eigenvalue weighted by Crippen LogP contribution is 2.24. The second-order valence-electron chi connectivity index (χ2n) is 3.94. The van der Waals surface area contributed by atoms with Gasteiger partial charge in [0, 0.05) is 6.42 Å². The van der Waals surface area contributed by atoms with E-state index in [1.165, 1.54) is 0 Å². The number of carbonyl (C=O) groups excluding carboxylic acids is 2. The van der Waals surface area contributed by atoms with E-state index in [0.717, 1.165) is 12.8 Å². The summed E-state index contributed by atoms with van der Waals surface area (Å²) < 4.78 is 10.1. The third-order valence-electron chi connectivity index (χ3n) is 2.37. The van der Waals surface area contributed by atoms with Crippen molar-refractivity contribution in [3.8, 4) is 5.75 Å². The summed E-state index contributed by atoms with van der Waals surface area (Å²) >= 11 is 0. The van der Waals surface area contributed by atoms with E-state index in [2.05, 4.69) is 5.32 Å². The maximum Gasteiger partial charge on any atom is 0.411 e. The molecular weight excluding hydrogens is 246 g/mol. The molecule has 0 spiro atoms. The molecule has 0 saturated heterocycles. The fourth-order valence-corrected chi connectivity index (χ4v) is 1.31. The van der Waals surface area contributed by atoms with Crippen molar-refractivity contribution in [1.29, 1.82) is 0 Å². The van der Waals surface area contributed by atoms with E-state index in [4.69, 9.17) is 9.47 Å². The van der Waals surface area contributed by atoms with Crippen LogP contribution in [-0.4, -0.2) is 18.7 Å². The van der Waals surface area contributed by atoms with Crippen LogP contribution in [0.25, 0.3) is 0 Å². The van der Waals surface area contributed by atoms with Crippen LogP contribution in [0.4, 0.5) is 10.5 Å². The van der Waals surface area contributed by atoms with Crippen LogP contribution in [0.15, 0.2) is 24.3 Å². The number of amides is 1. The van der Waals surface area contributed by atoms with Crippen LogP contribution >= 0.6 is 0 Å². The fourth-order valence-electron chi connectivity index (χ4n) is 1.31. The monoisotopic (exact) mass is 265 g/mol. The number of hydrogen-bond acceptors (Lipinski definition) is 4. The lowest BCUT2D eigenvalue weighted by Gasteiger charge is -2.10. The second-order valence-corrected chi connectivity index (χ2v) is 3.94. The van der Waals surface area contributed by atoms with Crippen LogP contribution in [0, 0.1) is 0 Å². The standard InChI is InChI=1S/C14H19NO4/c1-3-5-10-18-14(17)15-11-8-6-7-9-12(11)19-13(16)4-2/h6-9H,3-5,10H2,1-2H3,(H,15,17). The van der Waals surface area contributed by atoms with E-state index in [1.807, 2.05) is 6.92 Å². The largest absolute Gasteiger partial charge is 0.449 e. The molecule has 0 bridgehead atoms. The van der Waals surface area contributed by atoms with E-state index < -0.39 is 6.09 Å². The van der Waals surface area contributed by atoms with Gasteiger partial charge in [-0.15, -0.1) is 0 Å². The lowest BCUT2D eigenvalue weighted by molar-refractivity contribution is -0.133. The molecule has 0 aromatic heterocycles. The lowest BCUT2D eigenvalue weighted by atomic mass is 10.3. The van der Waals surface area contributed by atoms with Crippen molar-refractivity contribution in [1.82, 2.24) is 0 Å². The molecule has 0 fully saturated rings. The van der Waals surface area contributed by atoms with Gasteiger partial charge in [0.05, 0.1) is 12.3 Å².